The van der Waals surface area contributed by atoms with Gasteiger partial charge in [0.05, 0.1) is 0 Å². The van der Waals surface area contributed by atoms with Crippen molar-refractivity contribution in [3.63, 3.8) is 0 Å². The summed E-state index contributed by atoms with van der Waals surface area (Å²) in [6, 6.07) is 6.36. The maximum atomic E-state index is 4.69. The maximum absolute atomic E-state index is 4.69. The highest BCUT2D eigenvalue weighted by Crippen LogP contribution is 2.30. The molecule has 0 saturated heterocycles. The quantitative estimate of drug-likeness (QED) is 0.733. The molecule has 0 aromatic carbocycles. The van der Waals surface area contributed by atoms with E-state index in [0.29, 0.717) is 0 Å². The maximum Gasteiger partial charge on any atom is 0.137 e. The molecule has 1 N–H and O–H groups in total. The number of aromatic nitrogens is 2. The van der Waals surface area contributed by atoms with Crippen molar-refractivity contribution >= 4 is 23.7 Å². The van der Waals surface area contributed by atoms with Gasteiger partial charge in [0.15, 0.2) is 0 Å². The standard InChI is InChI=1S/C14H20N2S/c1-13(2,3)10-7-6-9-8-11(14(4,5)17)16-12(9)15-10/h6-8,17H,1-5H3,(H,15,16). The number of aromatic amines is 1. The minimum absolute atomic E-state index is 0.0793. The van der Waals surface area contributed by atoms with E-state index in [1.54, 1.807) is 0 Å². The van der Waals surface area contributed by atoms with Crippen LogP contribution in [0.1, 0.15) is 46.0 Å². The predicted molar refractivity (Wildman–Crippen MR) is 76.8 cm³/mol. The van der Waals surface area contributed by atoms with Gasteiger partial charge in [-0.1, -0.05) is 20.8 Å². The van der Waals surface area contributed by atoms with Crippen LogP contribution in [-0.4, -0.2) is 9.97 Å². The highest BCUT2D eigenvalue weighted by molar-refractivity contribution is 7.81. The molecule has 3 heteroatoms. The van der Waals surface area contributed by atoms with Gasteiger partial charge in [-0.25, -0.2) is 4.98 Å². The molecule has 0 amide bonds. The van der Waals surface area contributed by atoms with Crippen molar-refractivity contribution < 1.29 is 0 Å². The first-order chi connectivity index (χ1) is 7.68. The van der Waals surface area contributed by atoms with E-state index < -0.39 is 0 Å². The topological polar surface area (TPSA) is 28.7 Å². The Bertz CT molecular complexity index is 529. The summed E-state index contributed by atoms with van der Waals surface area (Å²) in [5.74, 6) is 0. The molecule has 17 heavy (non-hydrogen) atoms. The van der Waals surface area contributed by atoms with Gasteiger partial charge < -0.3 is 4.98 Å². The molecule has 0 aliphatic carbocycles. The van der Waals surface area contributed by atoms with Gasteiger partial charge in [0, 0.05) is 26.9 Å². The summed E-state index contributed by atoms with van der Waals surface area (Å²) in [7, 11) is 0. The fourth-order valence-electron chi connectivity index (χ4n) is 1.75. The number of pyridine rings is 1. The van der Waals surface area contributed by atoms with Crippen LogP contribution in [-0.2, 0) is 10.2 Å². The first-order valence-electron chi connectivity index (χ1n) is 5.91. The molecule has 2 nitrogen and oxygen atoms in total. The van der Waals surface area contributed by atoms with E-state index >= 15 is 0 Å². The summed E-state index contributed by atoms with van der Waals surface area (Å²) in [4.78, 5) is 8.05. The van der Waals surface area contributed by atoms with Crippen LogP contribution in [0, 0.1) is 0 Å². The van der Waals surface area contributed by atoms with Crippen molar-refractivity contribution in [1.82, 2.24) is 9.97 Å². The number of nitrogens with one attached hydrogen (secondary N) is 1. The zero-order chi connectivity index (χ0) is 12.8. The zero-order valence-electron chi connectivity index (χ0n) is 11.1. The Morgan fingerprint density at radius 3 is 2.29 bits per heavy atom. The Morgan fingerprint density at radius 1 is 1.12 bits per heavy atom. The molecular formula is C14H20N2S. The average Bonchev–Trinajstić information content (AvgIpc) is 2.57. The lowest BCUT2D eigenvalue weighted by molar-refractivity contribution is 0.571. The summed E-state index contributed by atoms with van der Waals surface area (Å²) in [5, 5.41) is 1.15. The molecule has 0 fully saturated rings. The van der Waals surface area contributed by atoms with Crippen molar-refractivity contribution in [3.05, 3.63) is 29.6 Å². The van der Waals surface area contributed by atoms with Crippen LogP contribution in [0.3, 0.4) is 0 Å². The van der Waals surface area contributed by atoms with Gasteiger partial charge in [-0.15, -0.1) is 0 Å². The Balaban J connectivity index is 2.56. The first kappa shape index (κ1) is 12.5. The van der Waals surface area contributed by atoms with Gasteiger partial charge in [-0.2, -0.15) is 12.6 Å². The number of nitrogens with zero attached hydrogens (tertiary/aromatic N) is 1. The smallest absolute Gasteiger partial charge is 0.137 e. The van der Waals surface area contributed by atoms with Crippen LogP contribution in [0.2, 0.25) is 0 Å². The van der Waals surface area contributed by atoms with Crippen molar-refractivity contribution in [3.8, 4) is 0 Å². The molecule has 0 aliphatic heterocycles. The van der Waals surface area contributed by atoms with E-state index in [1.807, 2.05) is 0 Å². The van der Waals surface area contributed by atoms with Gasteiger partial charge in [0.25, 0.3) is 0 Å². The Morgan fingerprint density at radius 2 is 1.76 bits per heavy atom. The van der Waals surface area contributed by atoms with Crippen molar-refractivity contribution in [2.45, 2.75) is 44.8 Å². The van der Waals surface area contributed by atoms with E-state index in [4.69, 9.17) is 4.98 Å². The van der Waals surface area contributed by atoms with E-state index in [9.17, 15) is 0 Å². The molecule has 2 heterocycles. The second kappa shape index (κ2) is 3.77. The van der Waals surface area contributed by atoms with Crippen LogP contribution >= 0.6 is 12.6 Å². The van der Waals surface area contributed by atoms with E-state index in [2.05, 4.69) is 70.4 Å². The molecule has 0 spiro atoms. The van der Waals surface area contributed by atoms with Crippen molar-refractivity contribution in [1.29, 1.82) is 0 Å². The highest BCUT2D eigenvalue weighted by atomic mass is 32.1. The van der Waals surface area contributed by atoms with Crippen LogP contribution < -0.4 is 0 Å². The molecule has 2 aromatic heterocycles. The van der Waals surface area contributed by atoms with Crippen LogP contribution in [0.15, 0.2) is 18.2 Å². The number of thiol groups is 1. The van der Waals surface area contributed by atoms with Crippen molar-refractivity contribution in [2.75, 3.05) is 0 Å². The Hall–Kier alpha value is -0.960. The number of H-pyrrole nitrogens is 1. The van der Waals surface area contributed by atoms with Crippen molar-refractivity contribution in [2.24, 2.45) is 0 Å². The first-order valence-corrected chi connectivity index (χ1v) is 6.36. The summed E-state index contributed by atoms with van der Waals surface area (Å²) in [6.07, 6.45) is 0. The van der Waals surface area contributed by atoms with Crippen LogP contribution in [0.4, 0.5) is 0 Å². The lowest BCUT2D eigenvalue weighted by Gasteiger charge is -2.17. The minimum atomic E-state index is -0.164. The number of rotatable bonds is 1. The summed E-state index contributed by atoms with van der Waals surface area (Å²) >= 11 is 4.58. The third-order valence-corrected chi connectivity index (χ3v) is 3.15. The molecule has 0 bridgehead atoms. The monoisotopic (exact) mass is 248 g/mol. The average molecular weight is 248 g/mol. The molecule has 0 saturated carbocycles. The molecule has 0 aliphatic rings. The number of fused-ring (bicyclic) bond motifs is 1. The van der Waals surface area contributed by atoms with E-state index in [0.717, 1.165) is 22.4 Å². The fraction of sp³-hybridized carbons (Fsp3) is 0.500. The lowest BCUT2D eigenvalue weighted by atomic mass is 9.91. The molecule has 2 rings (SSSR count). The summed E-state index contributed by atoms with van der Waals surface area (Å²) < 4.78 is -0.164. The number of hydrogen-bond acceptors (Lipinski definition) is 2. The zero-order valence-corrected chi connectivity index (χ0v) is 12.0. The SMILES string of the molecule is CC(C)(C)c1ccc2cc(C(C)(C)S)[nH]c2n1. The third kappa shape index (κ3) is 2.49. The van der Waals surface area contributed by atoms with Gasteiger partial charge in [0.2, 0.25) is 0 Å². The Labute approximate surface area is 108 Å². The molecule has 0 atom stereocenters. The fourth-order valence-corrected chi connectivity index (χ4v) is 1.87. The molecule has 2 aromatic rings. The van der Waals surface area contributed by atoms with Crippen LogP contribution in [0.5, 0.6) is 0 Å². The third-order valence-electron chi connectivity index (χ3n) is 2.91. The van der Waals surface area contributed by atoms with Gasteiger partial charge >= 0.3 is 0 Å². The predicted octanol–water partition coefficient (Wildman–Crippen LogP) is 4.03. The summed E-state index contributed by atoms with van der Waals surface area (Å²) in [6.45, 7) is 10.7. The van der Waals surface area contributed by atoms with Gasteiger partial charge in [-0.05, 0) is 32.0 Å². The minimum Gasteiger partial charge on any atom is -0.342 e. The van der Waals surface area contributed by atoms with Crippen LogP contribution in [0.25, 0.3) is 11.0 Å². The van der Waals surface area contributed by atoms with Gasteiger partial charge in [-0.3, -0.25) is 0 Å². The highest BCUT2D eigenvalue weighted by Gasteiger charge is 2.20. The molecule has 0 radical (unpaired) electrons. The second-order valence-corrected chi connectivity index (χ2v) is 7.24. The second-order valence-electron chi connectivity index (χ2n) is 6.13. The number of hydrogen-bond donors (Lipinski definition) is 2. The van der Waals surface area contributed by atoms with E-state index in [-0.39, 0.29) is 10.2 Å². The molecule has 0 unspecified atom stereocenters. The molecular weight excluding hydrogens is 228 g/mol. The lowest BCUT2D eigenvalue weighted by Crippen LogP contribution is -2.13. The summed E-state index contributed by atoms with van der Waals surface area (Å²) in [5.41, 5.74) is 3.25. The largest absolute Gasteiger partial charge is 0.342 e. The Kier molecular flexibility index (Phi) is 2.77. The van der Waals surface area contributed by atoms with E-state index in [1.165, 1.54) is 0 Å². The normalized spacial score (nSPS) is 13.3. The molecule has 92 valence electrons. The van der Waals surface area contributed by atoms with Gasteiger partial charge in [0.1, 0.15) is 5.65 Å².